The van der Waals surface area contributed by atoms with E-state index in [0.29, 0.717) is 0 Å². The highest BCUT2D eigenvalue weighted by Crippen LogP contribution is 2.27. The fourth-order valence-electron chi connectivity index (χ4n) is 1.17. The molecular formula is C8H6Cl2N2O2S. The summed E-state index contributed by atoms with van der Waals surface area (Å²) < 4.78 is 22.4. The Labute approximate surface area is 96.6 Å². The van der Waals surface area contributed by atoms with Gasteiger partial charge in [-0.3, -0.25) is 0 Å². The Balaban J connectivity index is 3.69. The van der Waals surface area contributed by atoms with Crippen molar-refractivity contribution in [3.8, 4) is 6.07 Å². The predicted octanol–water partition coefficient (Wildman–Crippen LogP) is 1.60. The molecule has 1 rings (SSSR count). The second kappa shape index (κ2) is 4.37. The Morgan fingerprint density at radius 3 is 2.47 bits per heavy atom. The molecule has 0 radical (unpaired) electrons. The molecule has 0 fully saturated rings. The number of halogens is 2. The van der Waals surface area contributed by atoms with E-state index in [4.69, 9.17) is 33.3 Å². The maximum atomic E-state index is 11.2. The third-order valence-electron chi connectivity index (χ3n) is 1.71. The molecule has 0 bridgehead atoms. The molecule has 1 aromatic carbocycles. The molecule has 0 aromatic heterocycles. The predicted molar refractivity (Wildman–Crippen MR) is 57.1 cm³/mol. The van der Waals surface area contributed by atoms with Crippen molar-refractivity contribution >= 4 is 31.3 Å². The summed E-state index contributed by atoms with van der Waals surface area (Å²) in [7, 11) is 1.21. The molecule has 0 saturated heterocycles. The van der Waals surface area contributed by atoms with Gasteiger partial charge in [0.2, 0.25) is 0 Å². The highest BCUT2D eigenvalue weighted by Gasteiger charge is 2.20. The van der Waals surface area contributed by atoms with Crippen LogP contribution in [0.25, 0.3) is 0 Å². The molecule has 0 spiro atoms. The van der Waals surface area contributed by atoms with Crippen LogP contribution in [-0.4, -0.2) is 8.42 Å². The molecule has 0 amide bonds. The van der Waals surface area contributed by atoms with E-state index in [9.17, 15) is 8.42 Å². The van der Waals surface area contributed by atoms with Crippen LogP contribution in [0.1, 0.15) is 11.1 Å². The van der Waals surface area contributed by atoms with Crippen molar-refractivity contribution in [3.05, 3.63) is 28.3 Å². The number of hydrogen-bond acceptors (Lipinski definition) is 4. The molecule has 2 N–H and O–H groups in total. The zero-order valence-electron chi connectivity index (χ0n) is 7.37. The van der Waals surface area contributed by atoms with Gasteiger partial charge in [-0.1, -0.05) is 11.6 Å². The van der Waals surface area contributed by atoms with Crippen LogP contribution < -0.4 is 5.73 Å². The first-order chi connectivity index (χ1) is 6.90. The van der Waals surface area contributed by atoms with Gasteiger partial charge in [0.15, 0.2) is 0 Å². The van der Waals surface area contributed by atoms with Crippen molar-refractivity contribution in [2.75, 3.05) is 0 Å². The van der Waals surface area contributed by atoms with Crippen molar-refractivity contribution < 1.29 is 8.42 Å². The summed E-state index contributed by atoms with van der Waals surface area (Å²) >= 11 is 5.69. The summed E-state index contributed by atoms with van der Waals surface area (Å²) in [6.45, 7) is -0.0590. The molecule has 0 unspecified atom stereocenters. The molecule has 0 aliphatic rings. The molecule has 0 aliphatic heterocycles. The van der Waals surface area contributed by atoms with E-state index in [1.165, 1.54) is 12.1 Å². The van der Waals surface area contributed by atoms with Crippen LogP contribution in [0, 0.1) is 11.3 Å². The molecule has 80 valence electrons. The minimum Gasteiger partial charge on any atom is -0.326 e. The minimum absolute atomic E-state index is 0.0590. The molecule has 0 atom stereocenters. The maximum absolute atomic E-state index is 11.2. The van der Waals surface area contributed by atoms with E-state index >= 15 is 0 Å². The molecule has 7 heteroatoms. The van der Waals surface area contributed by atoms with E-state index < -0.39 is 9.05 Å². The van der Waals surface area contributed by atoms with Crippen molar-refractivity contribution in [2.45, 2.75) is 11.4 Å². The Kier molecular flexibility index (Phi) is 3.58. The van der Waals surface area contributed by atoms with Crippen molar-refractivity contribution in [3.63, 3.8) is 0 Å². The van der Waals surface area contributed by atoms with Crippen LogP contribution in [0.15, 0.2) is 17.0 Å². The van der Waals surface area contributed by atoms with Gasteiger partial charge in [-0.05, 0) is 17.7 Å². The lowest BCUT2D eigenvalue weighted by molar-refractivity contribution is 0.608. The Morgan fingerprint density at radius 1 is 1.47 bits per heavy atom. The number of rotatable bonds is 2. The molecule has 15 heavy (non-hydrogen) atoms. The lowest BCUT2D eigenvalue weighted by atomic mass is 10.1. The van der Waals surface area contributed by atoms with Crippen molar-refractivity contribution in [1.82, 2.24) is 0 Å². The van der Waals surface area contributed by atoms with Crippen LogP contribution >= 0.6 is 22.3 Å². The summed E-state index contributed by atoms with van der Waals surface area (Å²) in [5.74, 6) is 0. The Hall–Kier alpha value is -0.800. The topological polar surface area (TPSA) is 83.9 Å². The summed E-state index contributed by atoms with van der Waals surface area (Å²) in [6, 6.07) is 4.32. The summed E-state index contributed by atoms with van der Waals surface area (Å²) in [5.41, 5.74) is 5.48. The first-order valence-electron chi connectivity index (χ1n) is 3.77. The van der Waals surface area contributed by atoms with Crippen LogP contribution in [0.5, 0.6) is 0 Å². The Morgan fingerprint density at radius 2 is 2.07 bits per heavy atom. The van der Waals surface area contributed by atoms with Gasteiger partial charge in [-0.15, -0.1) is 0 Å². The molecular weight excluding hydrogens is 259 g/mol. The van der Waals surface area contributed by atoms with Crippen molar-refractivity contribution in [1.29, 1.82) is 5.26 Å². The zero-order chi connectivity index (χ0) is 11.6. The number of hydrogen-bond donors (Lipinski definition) is 1. The van der Waals surface area contributed by atoms with Crippen LogP contribution in [0.2, 0.25) is 5.02 Å². The van der Waals surface area contributed by atoms with Gasteiger partial charge in [0.25, 0.3) is 9.05 Å². The lowest BCUT2D eigenvalue weighted by Crippen LogP contribution is -2.06. The molecule has 0 aliphatic carbocycles. The summed E-state index contributed by atoms with van der Waals surface area (Å²) in [4.78, 5) is -0.265. The van der Waals surface area contributed by atoms with Crippen LogP contribution in [-0.2, 0) is 15.6 Å². The summed E-state index contributed by atoms with van der Waals surface area (Å²) in [5, 5.41) is 9.00. The highest BCUT2D eigenvalue weighted by molar-refractivity contribution is 8.13. The Bertz CT molecular complexity index is 534. The number of benzene rings is 1. The molecule has 1 aromatic rings. The molecule has 4 nitrogen and oxygen atoms in total. The van der Waals surface area contributed by atoms with Gasteiger partial charge < -0.3 is 5.73 Å². The largest absolute Gasteiger partial charge is 0.326 e. The van der Waals surface area contributed by atoms with Crippen LogP contribution in [0.4, 0.5) is 0 Å². The normalized spacial score (nSPS) is 11.1. The van der Waals surface area contributed by atoms with Gasteiger partial charge in [0, 0.05) is 22.2 Å². The lowest BCUT2D eigenvalue weighted by Gasteiger charge is -2.06. The number of nitrogens with two attached hydrogens (primary N) is 1. The average molecular weight is 265 g/mol. The second-order valence-electron chi connectivity index (χ2n) is 2.70. The first kappa shape index (κ1) is 12.3. The van der Waals surface area contributed by atoms with E-state index in [1.807, 2.05) is 0 Å². The number of nitriles is 1. The van der Waals surface area contributed by atoms with Crippen LogP contribution in [0.3, 0.4) is 0 Å². The van der Waals surface area contributed by atoms with E-state index in [0.717, 1.165) is 0 Å². The fraction of sp³-hybridized carbons (Fsp3) is 0.125. The maximum Gasteiger partial charge on any atom is 0.262 e. The molecule has 0 saturated carbocycles. The van der Waals surface area contributed by atoms with E-state index in [1.54, 1.807) is 6.07 Å². The third kappa shape index (κ3) is 2.61. The zero-order valence-corrected chi connectivity index (χ0v) is 9.70. The summed E-state index contributed by atoms with van der Waals surface area (Å²) in [6.07, 6.45) is 0. The quantitative estimate of drug-likeness (QED) is 0.823. The van der Waals surface area contributed by atoms with Gasteiger partial charge >= 0.3 is 0 Å². The van der Waals surface area contributed by atoms with Gasteiger partial charge in [0.05, 0.1) is 5.56 Å². The fourth-order valence-corrected chi connectivity index (χ4v) is 2.78. The van der Waals surface area contributed by atoms with Gasteiger partial charge in [-0.25, -0.2) is 8.42 Å². The number of nitrogens with zero attached hydrogens (tertiary/aromatic N) is 1. The molecule has 0 heterocycles. The first-order valence-corrected chi connectivity index (χ1v) is 6.46. The second-order valence-corrected chi connectivity index (χ2v) is 5.63. The van der Waals surface area contributed by atoms with Gasteiger partial charge in [-0.2, -0.15) is 5.26 Å². The average Bonchev–Trinajstić information content (AvgIpc) is 2.14. The third-order valence-corrected chi connectivity index (χ3v) is 3.37. The van der Waals surface area contributed by atoms with E-state index in [-0.39, 0.29) is 27.6 Å². The monoisotopic (exact) mass is 264 g/mol. The standard InChI is InChI=1S/C8H6Cl2N2O2S/c9-7-1-5(3-11)8(15(10,13)14)6(2-7)4-12/h1-2H,3,11H2. The smallest absolute Gasteiger partial charge is 0.262 e. The van der Waals surface area contributed by atoms with Gasteiger partial charge in [0.1, 0.15) is 11.0 Å². The van der Waals surface area contributed by atoms with E-state index in [2.05, 4.69) is 0 Å². The highest BCUT2D eigenvalue weighted by atomic mass is 35.7. The van der Waals surface area contributed by atoms with Crippen molar-refractivity contribution in [2.24, 2.45) is 5.73 Å². The minimum atomic E-state index is -3.99. The SMILES string of the molecule is N#Cc1cc(Cl)cc(CN)c1S(=O)(=O)Cl.